The smallest absolute Gasteiger partial charge is 0.323 e. The summed E-state index contributed by atoms with van der Waals surface area (Å²) in [5.74, 6) is -1.46. The van der Waals surface area contributed by atoms with Crippen LogP contribution >= 0.6 is 0 Å². The number of carboxylic acid groups (broad SMARTS) is 1. The summed E-state index contributed by atoms with van der Waals surface area (Å²) >= 11 is 0. The fourth-order valence-corrected chi connectivity index (χ4v) is 2.06. The number of amides is 1. The van der Waals surface area contributed by atoms with Gasteiger partial charge >= 0.3 is 5.97 Å². The van der Waals surface area contributed by atoms with Crippen LogP contribution < -0.4 is 4.90 Å². The number of anilines is 1. The Labute approximate surface area is 122 Å². The first-order chi connectivity index (χ1) is 9.90. The van der Waals surface area contributed by atoms with Crippen LogP contribution in [-0.2, 0) is 4.79 Å². The molecule has 1 aromatic heterocycles. The molecule has 2 aromatic rings. The van der Waals surface area contributed by atoms with Crippen LogP contribution in [0.5, 0.6) is 0 Å². The van der Waals surface area contributed by atoms with Gasteiger partial charge in [-0.15, -0.1) is 0 Å². The lowest BCUT2D eigenvalue weighted by Crippen LogP contribution is -2.32. The Kier molecular flexibility index (Phi) is 4.07. The van der Waals surface area contributed by atoms with E-state index >= 15 is 0 Å². The number of hydrogen-bond acceptors (Lipinski definition) is 4. The molecular weight excluding hydrogens is 270 g/mol. The molecule has 1 amide bonds. The Morgan fingerprint density at radius 2 is 1.90 bits per heavy atom. The Morgan fingerprint density at radius 1 is 1.19 bits per heavy atom. The van der Waals surface area contributed by atoms with E-state index in [9.17, 15) is 9.59 Å². The largest absolute Gasteiger partial charge is 0.480 e. The second-order valence-electron chi connectivity index (χ2n) is 5.01. The van der Waals surface area contributed by atoms with E-state index < -0.39 is 11.9 Å². The molecule has 0 spiro atoms. The highest BCUT2D eigenvalue weighted by Gasteiger charge is 2.18. The average molecular weight is 287 g/mol. The van der Waals surface area contributed by atoms with Crippen LogP contribution in [0.2, 0.25) is 0 Å². The molecule has 0 radical (unpaired) electrons. The van der Waals surface area contributed by atoms with Crippen LogP contribution in [0.15, 0.2) is 30.5 Å². The second-order valence-corrected chi connectivity index (χ2v) is 5.01. The summed E-state index contributed by atoms with van der Waals surface area (Å²) in [6.45, 7) is -0.357. The van der Waals surface area contributed by atoms with Gasteiger partial charge in [-0.3, -0.25) is 14.6 Å². The highest BCUT2D eigenvalue weighted by molar-refractivity contribution is 6.06. The lowest BCUT2D eigenvalue weighted by Gasteiger charge is -2.17. The number of aromatic nitrogens is 1. The molecule has 0 unspecified atom stereocenters. The lowest BCUT2D eigenvalue weighted by molar-refractivity contribution is -0.137. The monoisotopic (exact) mass is 287 g/mol. The van der Waals surface area contributed by atoms with Crippen molar-refractivity contribution in [2.24, 2.45) is 0 Å². The molecule has 0 aliphatic heterocycles. The van der Waals surface area contributed by atoms with Gasteiger partial charge in [0, 0.05) is 38.4 Å². The van der Waals surface area contributed by atoms with Crippen LogP contribution in [0.1, 0.15) is 10.5 Å². The van der Waals surface area contributed by atoms with Crippen LogP contribution in [0.25, 0.3) is 10.8 Å². The SMILES string of the molecule is CN(CC(=O)O)C(=O)c1nccc2ccc(N(C)C)cc12. The van der Waals surface area contributed by atoms with Gasteiger partial charge < -0.3 is 14.9 Å². The zero-order valence-electron chi connectivity index (χ0n) is 12.2. The fraction of sp³-hybridized carbons (Fsp3) is 0.267. The van der Waals surface area contributed by atoms with Crippen molar-refractivity contribution in [3.05, 3.63) is 36.2 Å². The van der Waals surface area contributed by atoms with Gasteiger partial charge in [0.15, 0.2) is 0 Å². The standard InChI is InChI=1S/C15H17N3O3/c1-17(2)11-5-4-10-6-7-16-14(12(10)8-11)15(21)18(3)9-13(19)20/h4-8H,9H2,1-3H3,(H,19,20). The van der Waals surface area contributed by atoms with Gasteiger partial charge in [-0.25, -0.2) is 0 Å². The van der Waals surface area contributed by atoms with Gasteiger partial charge in [0.05, 0.1) is 0 Å². The first-order valence-corrected chi connectivity index (χ1v) is 6.43. The van der Waals surface area contributed by atoms with Gasteiger partial charge in [0.2, 0.25) is 0 Å². The predicted octanol–water partition coefficient (Wildman–Crippen LogP) is 1.46. The van der Waals surface area contributed by atoms with Crippen LogP contribution in [0.3, 0.4) is 0 Å². The minimum Gasteiger partial charge on any atom is -0.480 e. The van der Waals surface area contributed by atoms with E-state index in [-0.39, 0.29) is 12.2 Å². The lowest BCUT2D eigenvalue weighted by atomic mass is 10.1. The third kappa shape index (κ3) is 3.10. The van der Waals surface area contributed by atoms with Gasteiger partial charge in [-0.1, -0.05) is 6.07 Å². The summed E-state index contributed by atoms with van der Waals surface area (Å²) in [6.07, 6.45) is 1.56. The fourth-order valence-electron chi connectivity index (χ4n) is 2.06. The minimum atomic E-state index is -1.06. The molecule has 2 rings (SSSR count). The number of likely N-dealkylation sites (N-methyl/N-ethyl adjacent to an activating group) is 1. The van der Waals surface area contributed by atoms with E-state index in [4.69, 9.17) is 5.11 Å². The highest BCUT2D eigenvalue weighted by Crippen LogP contribution is 2.23. The van der Waals surface area contributed by atoms with E-state index in [1.807, 2.05) is 43.3 Å². The predicted molar refractivity (Wildman–Crippen MR) is 80.7 cm³/mol. The van der Waals surface area contributed by atoms with Crippen molar-refractivity contribution in [1.82, 2.24) is 9.88 Å². The van der Waals surface area contributed by atoms with Crippen molar-refractivity contribution in [1.29, 1.82) is 0 Å². The Morgan fingerprint density at radius 3 is 2.52 bits per heavy atom. The molecule has 1 N–H and O–H groups in total. The number of carbonyl (C=O) groups excluding carboxylic acids is 1. The number of pyridine rings is 1. The Bertz CT molecular complexity index is 698. The maximum Gasteiger partial charge on any atom is 0.323 e. The average Bonchev–Trinajstić information content (AvgIpc) is 2.44. The quantitative estimate of drug-likeness (QED) is 0.921. The van der Waals surface area contributed by atoms with E-state index in [1.165, 1.54) is 7.05 Å². The summed E-state index contributed by atoms with van der Waals surface area (Å²) in [4.78, 5) is 30.3. The summed E-state index contributed by atoms with van der Waals surface area (Å²) in [5.41, 5.74) is 1.21. The number of hydrogen-bond donors (Lipinski definition) is 1. The van der Waals surface area contributed by atoms with Crippen molar-refractivity contribution >= 4 is 28.3 Å². The first kappa shape index (κ1) is 14.8. The normalized spacial score (nSPS) is 10.4. The summed E-state index contributed by atoms with van der Waals surface area (Å²) in [7, 11) is 5.28. The molecule has 0 atom stereocenters. The van der Waals surface area contributed by atoms with Gasteiger partial charge in [-0.05, 0) is 23.6 Å². The third-order valence-corrected chi connectivity index (χ3v) is 3.19. The molecule has 0 fully saturated rings. The van der Waals surface area contributed by atoms with Crippen molar-refractivity contribution in [2.75, 3.05) is 32.6 Å². The summed E-state index contributed by atoms with van der Waals surface area (Å²) in [6, 6.07) is 7.57. The molecule has 110 valence electrons. The molecule has 21 heavy (non-hydrogen) atoms. The molecule has 6 nitrogen and oxygen atoms in total. The molecule has 6 heteroatoms. The summed E-state index contributed by atoms with van der Waals surface area (Å²) < 4.78 is 0. The van der Waals surface area contributed by atoms with Crippen molar-refractivity contribution in [3.63, 3.8) is 0 Å². The van der Waals surface area contributed by atoms with Crippen molar-refractivity contribution in [2.45, 2.75) is 0 Å². The number of rotatable bonds is 4. The maximum atomic E-state index is 12.4. The summed E-state index contributed by atoms with van der Waals surface area (Å²) in [5, 5.41) is 10.4. The third-order valence-electron chi connectivity index (χ3n) is 3.19. The van der Waals surface area contributed by atoms with E-state index in [0.717, 1.165) is 16.0 Å². The zero-order valence-corrected chi connectivity index (χ0v) is 12.2. The molecule has 0 aliphatic carbocycles. The Hall–Kier alpha value is -2.63. The van der Waals surface area contributed by atoms with Crippen LogP contribution in [-0.4, -0.2) is 54.6 Å². The van der Waals surface area contributed by atoms with Crippen molar-refractivity contribution < 1.29 is 14.7 Å². The van der Waals surface area contributed by atoms with E-state index in [1.54, 1.807) is 6.20 Å². The molecule has 1 aromatic carbocycles. The number of aliphatic carboxylic acids is 1. The molecule has 1 heterocycles. The van der Waals surface area contributed by atoms with Crippen LogP contribution in [0.4, 0.5) is 5.69 Å². The molecule has 0 saturated carbocycles. The highest BCUT2D eigenvalue weighted by atomic mass is 16.4. The van der Waals surface area contributed by atoms with Gasteiger partial charge in [0.25, 0.3) is 5.91 Å². The Balaban J connectivity index is 2.50. The molecule has 0 bridgehead atoms. The van der Waals surface area contributed by atoms with E-state index in [2.05, 4.69) is 4.98 Å². The zero-order chi connectivity index (χ0) is 15.6. The maximum absolute atomic E-state index is 12.4. The number of carboxylic acids is 1. The molecule has 0 saturated heterocycles. The number of nitrogens with zero attached hydrogens (tertiary/aromatic N) is 3. The first-order valence-electron chi connectivity index (χ1n) is 6.43. The number of fused-ring (bicyclic) bond motifs is 1. The second kappa shape index (κ2) is 5.78. The molecular formula is C15H17N3O3. The van der Waals surface area contributed by atoms with Crippen LogP contribution in [0, 0.1) is 0 Å². The number of benzene rings is 1. The van der Waals surface area contributed by atoms with Crippen molar-refractivity contribution in [3.8, 4) is 0 Å². The topological polar surface area (TPSA) is 73.7 Å². The minimum absolute atomic E-state index is 0.264. The van der Waals surface area contributed by atoms with E-state index in [0.29, 0.717) is 5.39 Å². The van der Waals surface area contributed by atoms with Gasteiger partial charge in [-0.2, -0.15) is 0 Å². The number of carbonyl (C=O) groups is 2. The van der Waals surface area contributed by atoms with Gasteiger partial charge in [0.1, 0.15) is 12.2 Å². The molecule has 0 aliphatic rings.